The van der Waals surface area contributed by atoms with Crippen LogP contribution in [-0.4, -0.2) is 34.6 Å². The topological polar surface area (TPSA) is 57.2 Å². The molecule has 0 aromatic heterocycles. The van der Waals surface area contributed by atoms with Gasteiger partial charge in [-0.15, -0.1) is 0 Å². The van der Waals surface area contributed by atoms with Crippen LogP contribution < -0.4 is 0 Å². The van der Waals surface area contributed by atoms with E-state index in [2.05, 4.69) is 0 Å². The predicted molar refractivity (Wildman–Crippen MR) is 153 cm³/mol. The van der Waals surface area contributed by atoms with Crippen molar-refractivity contribution in [3.05, 3.63) is 138 Å². The molecule has 0 unspecified atom stereocenters. The van der Waals surface area contributed by atoms with Gasteiger partial charge < -0.3 is 24.1 Å². The Morgan fingerprint density at radius 3 is 1.51 bits per heavy atom. The van der Waals surface area contributed by atoms with Gasteiger partial charge in [-0.2, -0.15) is 0 Å². The fourth-order valence-electron chi connectivity index (χ4n) is 4.69. The van der Waals surface area contributed by atoms with Crippen molar-refractivity contribution in [1.29, 1.82) is 0 Å². The van der Waals surface area contributed by atoms with Crippen LogP contribution in [0.15, 0.2) is 126 Å². The molecule has 202 valence electrons. The zero-order valence-corrected chi connectivity index (χ0v) is 22.8. The van der Waals surface area contributed by atoms with Crippen molar-refractivity contribution in [2.45, 2.75) is 61.2 Å². The van der Waals surface area contributed by atoms with E-state index in [-0.39, 0.29) is 6.61 Å². The van der Waals surface area contributed by atoms with Gasteiger partial charge in [-0.25, -0.2) is 0 Å². The van der Waals surface area contributed by atoms with Crippen LogP contribution in [-0.2, 0) is 38.8 Å². The minimum Gasteiger partial charge on any atom is -0.368 e. The first-order chi connectivity index (χ1) is 19.1. The number of aliphatic hydroxyl groups is 1. The van der Waals surface area contributed by atoms with Crippen molar-refractivity contribution in [3.63, 3.8) is 0 Å². The first-order valence-corrected chi connectivity index (χ1v) is 14.0. The van der Waals surface area contributed by atoms with Crippen molar-refractivity contribution in [2.75, 3.05) is 0 Å². The van der Waals surface area contributed by atoms with Gasteiger partial charge in [0.25, 0.3) is 5.12 Å². The molecule has 0 aliphatic carbocycles. The highest BCUT2D eigenvalue weighted by atomic mass is 32.2. The molecule has 6 heteroatoms. The molecule has 0 spiro atoms. The maximum Gasteiger partial charge on any atom is 0.250 e. The van der Waals surface area contributed by atoms with E-state index in [0.717, 1.165) is 21.6 Å². The van der Waals surface area contributed by atoms with Crippen LogP contribution in [0.2, 0.25) is 0 Å². The second-order valence-corrected chi connectivity index (χ2v) is 10.9. The zero-order valence-electron chi connectivity index (χ0n) is 22.0. The Kier molecular flexibility index (Phi) is 9.48. The number of thioether (sulfide) groups is 1. The second-order valence-electron chi connectivity index (χ2n) is 9.61. The van der Waals surface area contributed by atoms with Crippen LogP contribution >= 0.6 is 11.8 Å². The summed E-state index contributed by atoms with van der Waals surface area (Å²) >= 11 is 1.23. The maximum atomic E-state index is 12.1. The van der Waals surface area contributed by atoms with Crippen molar-refractivity contribution in [3.8, 4) is 0 Å². The number of ether oxygens (including phenoxy) is 4. The number of hydrogen-bond donors (Lipinski definition) is 1. The quantitative estimate of drug-likeness (QED) is 0.216. The largest absolute Gasteiger partial charge is 0.368 e. The minimum absolute atomic E-state index is 0.289. The molecular formula is C33H34O5S. The fourth-order valence-corrected chi connectivity index (χ4v) is 5.84. The first-order valence-electron chi connectivity index (χ1n) is 13.2. The highest BCUT2D eigenvalue weighted by Crippen LogP contribution is 2.44. The Bertz CT molecular complexity index is 1260. The van der Waals surface area contributed by atoms with Crippen LogP contribution in [0.25, 0.3) is 0 Å². The molecule has 5 nitrogen and oxygen atoms in total. The summed E-state index contributed by atoms with van der Waals surface area (Å²) < 4.78 is 25.9. The average molecular weight is 543 g/mol. The Morgan fingerprint density at radius 2 is 1.03 bits per heavy atom. The van der Waals surface area contributed by atoms with E-state index in [4.69, 9.17) is 18.9 Å². The molecule has 1 fully saturated rings. The van der Waals surface area contributed by atoms with Crippen LogP contribution in [0.4, 0.5) is 0 Å². The molecule has 1 saturated heterocycles. The third kappa shape index (κ3) is 7.37. The molecule has 4 aromatic carbocycles. The summed E-state index contributed by atoms with van der Waals surface area (Å²) in [5.74, 6) is 0. The van der Waals surface area contributed by atoms with Crippen LogP contribution in [0.1, 0.15) is 23.6 Å². The molecule has 1 aliphatic heterocycles. The third-order valence-corrected chi connectivity index (χ3v) is 7.78. The van der Waals surface area contributed by atoms with Crippen LogP contribution in [0, 0.1) is 0 Å². The van der Waals surface area contributed by atoms with E-state index < -0.39 is 29.5 Å². The lowest BCUT2D eigenvalue weighted by molar-refractivity contribution is -0.324. The lowest BCUT2D eigenvalue weighted by Crippen LogP contribution is -2.64. The van der Waals surface area contributed by atoms with Gasteiger partial charge in [-0.3, -0.25) is 0 Å². The van der Waals surface area contributed by atoms with Crippen LogP contribution in [0.5, 0.6) is 0 Å². The van der Waals surface area contributed by atoms with Gasteiger partial charge >= 0.3 is 0 Å². The van der Waals surface area contributed by atoms with Gasteiger partial charge in [0.2, 0.25) is 0 Å². The number of rotatable bonds is 11. The molecule has 0 amide bonds. The van der Waals surface area contributed by atoms with E-state index >= 15 is 0 Å². The molecule has 1 N–H and O–H groups in total. The van der Waals surface area contributed by atoms with E-state index in [0.29, 0.717) is 13.2 Å². The summed E-state index contributed by atoms with van der Waals surface area (Å²) in [7, 11) is 0. The molecule has 1 aliphatic rings. The predicted octanol–water partition coefficient (Wildman–Crippen LogP) is 6.60. The van der Waals surface area contributed by atoms with Crippen molar-refractivity contribution >= 4 is 11.8 Å². The molecule has 4 aromatic rings. The summed E-state index contributed by atoms with van der Waals surface area (Å²) in [6.45, 7) is 2.94. The summed E-state index contributed by atoms with van der Waals surface area (Å²) in [6, 6.07) is 39.6. The Morgan fingerprint density at radius 1 is 0.615 bits per heavy atom. The highest BCUT2D eigenvalue weighted by Gasteiger charge is 2.56. The summed E-state index contributed by atoms with van der Waals surface area (Å²) in [5, 5.41) is 10.4. The van der Waals surface area contributed by atoms with Gasteiger partial charge in [-0.05, 0) is 35.7 Å². The maximum absolute atomic E-state index is 12.1. The lowest BCUT2D eigenvalue weighted by Gasteiger charge is -2.49. The van der Waals surface area contributed by atoms with Crippen molar-refractivity contribution in [2.24, 2.45) is 0 Å². The number of hydrogen-bond acceptors (Lipinski definition) is 6. The Labute approximate surface area is 234 Å². The molecular weight excluding hydrogens is 508 g/mol. The standard InChI is InChI=1S/C33H34O5S/c1-25-30(35-22-26-14-6-2-7-15-26)31(36-23-27-16-8-3-9-17-27)32(37-24-28-18-10-4-11-19-28)33(34,38-25)39-29-20-12-5-13-21-29/h2-21,25,30-32,34H,22-24H2,1H3/t25-,30+,31+,32-,33-/m0/s1. The molecule has 0 bridgehead atoms. The molecule has 5 rings (SSSR count). The summed E-state index contributed by atoms with van der Waals surface area (Å²) in [5.41, 5.74) is 3.07. The number of benzene rings is 4. The summed E-state index contributed by atoms with van der Waals surface area (Å²) in [6.07, 6.45) is -2.40. The van der Waals surface area contributed by atoms with Gasteiger partial charge in [0.15, 0.2) is 6.10 Å². The SMILES string of the molecule is C[C@@H]1O[C@](O)(Sc2ccccc2)[C@@H](OCc2ccccc2)[C@H](OCc2ccccc2)[C@@H]1OCc1ccccc1. The van der Waals surface area contributed by atoms with Gasteiger partial charge in [0.05, 0.1) is 25.9 Å². The fraction of sp³-hybridized carbons (Fsp3) is 0.273. The first kappa shape index (κ1) is 27.6. The van der Waals surface area contributed by atoms with Crippen LogP contribution in [0.3, 0.4) is 0 Å². The van der Waals surface area contributed by atoms with Gasteiger partial charge in [0.1, 0.15) is 12.2 Å². The van der Waals surface area contributed by atoms with Gasteiger partial charge in [-0.1, -0.05) is 121 Å². The van der Waals surface area contributed by atoms with Crippen molar-refractivity contribution in [1.82, 2.24) is 0 Å². The average Bonchev–Trinajstić information content (AvgIpc) is 2.97. The smallest absolute Gasteiger partial charge is 0.250 e. The van der Waals surface area contributed by atoms with E-state index in [1.165, 1.54) is 11.8 Å². The monoisotopic (exact) mass is 542 g/mol. The molecule has 0 radical (unpaired) electrons. The summed E-state index contributed by atoms with van der Waals surface area (Å²) in [4.78, 5) is 0.867. The minimum atomic E-state index is -1.70. The van der Waals surface area contributed by atoms with E-state index in [1.54, 1.807) is 0 Å². The van der Waals surface area contributed by atoms with E-state index in [9.17, 15) is 5.11 Å². The zero-order chi connectivity index (χ0) is 26.9. The Balaban J connectivity index is 1.45. The molecule has 5 atom stereocenters. The third-order valence-electron chi connectivity index (χ3n) is 6.65. The molecule has 1 heterocycles. The second kappa shape index (κ2) is 13.4. The van der Waals surface area contributed by atoms with E-state index in [1.807, 2.05) is 128 Å². The van der Waals surface area contributed by atoms with Crippen molar-refractivity contribution < 1.29 is 24.1 Å². The lowest BCUT2D eigenvalue weighted by atomic mass is 9.98. The van der Waals surface area contributed by atoms with Gasteiger partial charge in [0, 0.05) is 4.90 Å². The normalized spacial score (nSPS) is 24.9. The molecule has 0 saturated carbocycles. The Hall–Kier alpha value is -2.97. The molecule has 39 heavy (non-hydrogen) atoms. The highest BCUT2D eigenvalue weighted by molar-refractivity contribution is 8.00.